The first-order valence-electron chi connectivity index (χ1n) is 12.5. The number of carbonyl (C=O) groups excluding carboxylic acids is 1. The third-order valence-corrected chi connectivity index (χ3v) is 8.68. The zero-order valence-corrected chi connectivity index (χ0v) is 20.4. The van der Waals surface area contributed by atoms with Gasteiger partial charge in [0.05, 0.1) is 11.1 Å². The van der Waals surface area contributed by atoms with E-state index in [1.54, 1.807) is 0 Å². The van der Waals surface area contributed by atoms with Crippen LogP contribution in [0.1, 0.15) is 63.1 Å². The molecule has 4 heteroatoms. The van der Waals surface area contributed by atoms with E-state index in [4.69, 9.17) is 0 Å². The first-order valence-corrected chi connectivity index (χ1v) is 13.4. The van der Waals surface area contributed by atoms with Crippen molar-refractivity contribution in [1.82, 2.24) is 9.88 Å². The number of thiophene rings is 1. The Balaban J connectivity index is 1.28. The lowest BCUT2D eigenvalue weighted by atomic mass is 9.70. The van der Waals surface area contributed by atoms with Crippen molar-refractivity contribution in [2.75, 3.05) is 19.6 Å². The van der Waals surface area contributed by atoms with Crippen LogP contribution in [0.4, 0.5) is 0 Å². The summed E-state index contributed by atoms with van der Waals surface area (Å²) >= 11 is 1.81. The molecule has 0 bridgehead atoms. The monoisotopic (exact) mass is 458 g/mol. The number of rotatable bonds is 7. The van der Waals surface area contributed by atoms with E-state index in [9.17, 15) is 4.79 Å². The molecule has 5 rings (SSSR count). The van der Waals surface area contributed by atoms with Crippen LogP contribution in [0.2, 0.25) is 0 Å². The number of hydrogen-bond donors (Lipinski definition) is 0. The molecule has 1 aromatic carbocycles. The molecule has 172 valence electrons. The third kappa shape index (κ3) is 4.83. The smallest absolute Gasteiger partial charge is 0.147 e. The minimum absolute atomic E-state index is 0.200. The lowest BCUT2D eigenvalue weighted by Gasteiger charge is -2.35. The quantitative estimate of drug-likeness (QED) is 0.387. The van der Waals surface area contributed by atoms with Gasteiger partial charge in [-0.3, -0.25) is 14.7 Å². The Morgan fingerprint density at radius 2 is 2.03 bits per heavy atom. The second-order valence-electron chi connectivity index (χ2n) is 9.95. The van der Waals surface area contributed by atoms with Crippen molar-refractivity contribution in [1.29, 1.82) is 0 Å². The van der Waals surface area contributed by atoms with Gasteiger partial charge in [-0.15, -0.1) is 11.3 Å². The van der Waals surface area contributed by atoms with Crippen molar-refractivity contribution in [3.63, 3.8) is 0 Å². The molecular weight excluding hydrogens is 424 g/mol. The van der Waals surface area contributed by atoms with Gasteiger partial charge in [0.2, 0.25) is 0 Å². The maximum atomic E-state index is 13.7. The van der Waals surface area contributed by atoms with Crippen molar-refractivity contribution in [3.8, 4) is 0 Å². The summed E-state index contributed by atoms with van der Waals surface area (Å²) in [7, 11) is 0. The SMILES string of the molecule is CC(CCN1CC=C(c2ccc3ccsc3c2)CC1)(C(=O)C1CCCCC1)c1ccccn1. The molecule has 1 unspecified atom stereocenters. The van der Waals surface area contributed by atoms with Crippen LogP contribution in [0.25, 0.3) is 15.7 Å². The molecule has 2 aliphatic rings. The highest BCUT2D eigenvalue weighted by molar-refractivity contribution is 7.17. The Hall–Kier alpha value is -2.30. The maximum Gasteiger partial charge on any atom is 0.147 e. The zero-order chi connectivity index (χ0) is 22.7. The molecule has 1 aliphatic heterocycles. The molecule has 3 heterocycles. The van der Waals surface area contributed by atoms with Gasteiger partial charge in [-0.2, -0.15) is 0 Å². The molecule has 1 saturated carbocycles. The molecule has 0 saturated heterocycles. The lowest BCUT2D eigenvalue weighted by Crippen LogP contribution is -2.42. The molecule has 1 atom stereocenters. The molecule has 0 amide bonds. The van der Waals surface area contributed by atoms with E-state index in [1.165, 1.54) is 40.5 Å². The fraction of sp³-hybridized carbons (Fsp3) is 0.448. The summed E-state index contributed by atoms with van der Waals surface area (Å²) in [6.07, 6.45) is 11.9. The normalized spacial score (nSPS) is 19.8. The molecule has 3 nitrogen and oxygen atoms in total. The first kappa shape index (κ1) is 22.5. The number of carbonyl (C=O) groups is 1. The molecule has 0 spiro atoms. The Kier molecular flexibility index (Phi) is 6.75. The van der Waals surface area contributed by atoms with Crippen LogP contribution in [-0.2, 0) is 10.2 Å². The molecule has 2 aromatic heterocycles. The van der Waals surface area contributed by atoms with Gasteiger partial charge in [0.25, 0.3) is 0 Å². The summed E-state index contributed by atoms with van der Waals surface area (Å²) in [4.78, 5) is 20.9. The predicted octanol–water partition coefficient (Wildman–Crippen LogP) is 6.88. The van der Waals surface area contributed by atoms with E-state index in [1.807, 2.05) is 29.7 Å². The van der Waals surface area contributed by atoms with E-state index in [-0.39, 0.29) is 5.92 Å². The highest BCUT2D eigenvalue weighted by atomic mass is 32.1. The molecular formula is C29H34N2OS. The van der Waals surface area contributed by atoms with Crippen LogP contribution >= 0.6 is 11.3 Å². The summed E-state index contributed by atoms with van der Waals surface area (Å²) in [5.41, 5.74) is 3.25. The van der Waals surface area contributed by atoms with E-state index in [2.05, 4.69) is 58.6 Å². The zero-order valence-electron chi connectivity index (χ0n) is 19.6. The number of aromatic nitrogens is 1. The third-order valence-electron chi connectivity index (χ3n) is 7.80. The lowest BCUT2D eigenvalue weighted by molar-refractivity contribution is -0.129. The summed E-state index contributed by atoms with van der Waals surface area (Å²) in [5, 5.41) is 3.50. The first-order chi connectivity index (χ1) is 16.1. The van der Waals surface area contributed by atoms with E-state index >= 15 is 0 Å². The molecule has 3 aromatic rings. The van der Waals surface area contributed by atoms with Crippen molar-refractivity contribution in [2.24, 2.45) is 5.92 Å². The summed E-state index contributed by atoms with van der Waals surface area (Å²) in [6.45, 7) is 5.07. The molecule has 0 N–H and O–H groups in total. The highest BCUT2D eigenvalue weighted by Gasteiger charge is 2.40. The Morgan fingerprint density at radius 3 is 2.79 bits per heavy atom. The number of fused-ring (bicyclic) bond motifs is 1. The van der Waals surface area contributed by atoms with Crippen LogP contribution in [0.5, 0.6) is 0 Å². The van der Waals surface area contributed by atoms with E-state index in [0.717, 1.165) is 51.0 Å². The fourth-order valence-corrected chi connectivity index (χ4v) is 6.42. The van der Waals surface area contributed by atoms with Gasteiger partial charge in [0.15, 0.2) is 0 Å². The van der Waals surface area contributed by atoms with E-state index in [0.29, 0.717) is 5.78 Å². The number of benzene rings is 1. The number of nitrogens with zero attached hydrogens (tertiary/aromatic N) is 2. The van der Waals surface area contributed by atoms with Crippen molar-refractivity contribution in [3.05, 3.63) is 71.4 Å². The highest BCUT2D eigenvalue weighted by Crippen LogP contribution is 2.36. The molecule has 0 radical (unpaired) electrons. The topological polar surface area (TPSA) is 33.2 Å². The predicted molar refractivity (Wildman–Crippen MR) is 139 cm³/mol. The van der Waals surface area contributed by atoms with Crippen LogP contribution < -0.4 is 0 Å². The van der Waals surface area contributed by atoms with Crippen molar-refractivity contribution < 1.29 is 4.79 Å². The summed E-state index contributed by atoms with van der Waals surface area (Å²) < 4.78 is 1.36. The summed E-state index contributed by atoms with van der Waals surface area (Å²) in [5.74, 6) is 0.615. The largest absolute Gasteiger partial charge is 0.299 e. The minimum Gasteiger partial charge on any atom is -0.299 e. The van der Waals surface area contributed by atoms with Gasteiger partial charge in [-0.25, -0.2) is 0 Å². The average molecular weight is 459 g/mol. The maximum absolute atomic E-state index is 13.7. The molecule has 33 heavy (non-hydrogen) atoms. The number of ketones is 1. The van der Waals surface area contributed by atoms with Crippen LogP contribution in [0, 0.1) is 5.92 Å². The van der Waals surface area contributed by atoms with Crippen molar-refractivity contribution in [2.45, 2.75) is 57.3 Å². The number of Topliss-reactive ketones (excluding diaryl/α,β-unsaturated/α-hetero) is 1. The van der Waals surface area contributed by atoms with Gasteiger partial charge in [0.1, 0.15) is 5.78 Å². The number of pyridine rings is 1. The fourth-order valence-electron chi connectivity index (χ4n) is 5.59. The van der Waals surface area contributed by atoms with Crippen LogP contribution in [-0.4, -0.2) is 35.3 Å². The van der Waals surface area contributed by atoms with Crippen LogP contribution in [0.3, 0.4) is 0 Å². The molecule has 1 fully saturated rings. The minimum atomic E-state index is -0.503. The Bertz CT molecular complexity index is 1130. The van der Waals surface area contributed by atoms with Gasteiger partial charge in [0, 0.05) is 29.9 Å². The standard InChI is InChI=1S/C29H34N2OS/c1-29(27-9-5-6-16-30-27,28(32)24-7-3-2-4-8-24)15-19-31-17-12-22(13-18-31)25-11-10-23-14-20-33-26(23)21-25/h5-6,9-12,14,16,20-21,24H,2-4,7-8,13,15,17-19H2,1H3. The molecule has 1 aliphatic carbocycles. The van der Waals surface area contributed by atoms with E-state index < -0.39 is 5.41 Å². The number of hydrogen-bond acceptors (Lipinski definition) is 4. The van der Waals surface area contributed by atoms with Gasteiger partial charge in [-0.1, -0.05) is 43.5 Å². The van der Waals surface area contributed by atoms with Gasteiger partial charge < -0.3 is 0 Å². The second kappa shape index (κ2) is 9.90. The average Bonchev–Trinajstić information content (AvgIpc) is 3.36. The van der Waals surface area contributed by atoms with Gasteiger partial charge in [-0.05, 0) is 85.3 Å². The van der Waals surface area contributed by atoms with Gasteiger partial charge >= 0.3 is 0 Å². The second-order valence-corrected chi connectivity index (χ2v) is 10.9. The van der Waals surface area contributed by atoms with Crippen LogP contribution in [0.15, 0.2) is 60.1 Å². The Labute approximate surface area is 201 Å². The van der Waals surface area contributed by atoms with Crippen molar-refractivity contribution >= 4 is 32.8 Å². The summed E-state index contributed by atoms with van der Waals surface area (Å²) in [6, 6.07) is 15.0. The Morgan fingerprint density at radius 1 is 1.15 bits per heavy atom.